The average Bonchev–Trinajstić information content (AvgIpc) is 2.44. The van der Waals surface area contributed by atoms with Crippen LogP contribution in [0.5, 0.6) is 0 Å². The highest BCUT2D eigenvalue weighted by Crippen LogP contribution is 2.17. The molecule has 1 saturated heterocycles. The average molecular weight is 273 g/mol. The van der Waals surface area contributed by atoms with E-state index in [0.29, 0.717) is 6.42 Å². The van der Waals surface area contributed by atoms with Gasteiger partial charge in [0.05, 0.1) is 26.2 Å². The highest BCUT2D eigenvalue weighted by molar-refractivity contribution is 5.75. The van der Waals surface area contributed by atoms with Crippen molar-refractivity contribution in [3.05, 3.63) is 0 Å². The lowest BCUT2D eigenvalue weighted by atomic mass is 10.1. The van der Waals surface area contributed by atoms with E-state index in [2.05, 4.69) is 4.74 Å². The molecule has 0 aromatic heterocycles. The second-order valence-corrected chi connectivity index (χ2v) is 4.77. The van der Waals surface area contributed by atoms with Crippen molar-refractivity contribution in [3.8, 4) is 0 Å². The maximum absolute atomic E-state index is 11.6. The molecule has 110 valence electrons. The molecular formula is C13H23NO5. The van der Waals surface area contributed by atoms with Crippen LogP contribution >= 0.6 is 0 Å². The third-order valence-corrected chi connectivity index (χ3v) is 3.25. The Bertz CT molecular complexity index is 307. The van der Waals surface area contributed by atoms with Crippen molar-refractivity contribution in [2.75, 3.05) is 13.7 Å². The van der Waals surface area contributed by atoms with Crippen molar-refractivity contribution in [3.63, 3.8) is 0 Å². The van der Waals surface area contributed by atoms with E-state index in [9.17, 15) is 9.59 Å². The van der Waals surface area contributed by atoms with Crippen molar-refractivity contribution < 1.29 is 23.8 Å². The molecule has 0 radical (unpaired) electrons. The molecule has 0 aromatic rings. The van der Waals surface area contributed by atoms with Gasteiger partial charge in [-0.3, -0.25) is 9.59 Å². The first-order chi connectivity index (χ1) is 9.04. The molecule has 0 unspecified atom stereocenters. The van der Waals surface area contributed by atoms with Crippen LogP contribution in [0.15, 0.2) is 0 Å². The minimum Gasteiger partial charge on any atom is -0.469 e. The zero-order valence-corrected chi connectivity index (χ0v) is 11.6. The molecular weight excluding hydrogens is 250 g/mol. The van der Waals surface area contributed by atoms with E-state index in [-0.39, 0.29) is 37.2 Å². The third-order valence-electron chi connectivity index (χ3n) is 3.25. The quantitative estimate of drug-likeness (QED) is 0.761. The van der Waals surface area contributed by atoms with E-state index in [4.69, 9.17) is 15.2 Å². The molecule has 2 N–H and O–H groups in total. The fraction of sp³-hybridized carbons (Fsp3) is 0.846. The summed E-state index contributed by atoms with van der Waals surface area (Å²) >= 11 is 0. The Kier molecular flexibility index (Phi) is 6.80. The summed E-state index contributed by atoms with van der Waals surface area (Å²) in [7, 11) is 1.34. The first-order valence-corrected chi connectivity index (χ1v) is 6.69. The predicted octanol–water partition coefficient (Wildman–Crippen LogP) is 0.768. The number of carbonyl (C=O) groups excluding carboxylic acids is 2. The second kappa shape index (κ2) is 8.12. The zero-order chi connectivity index (χ0) is 14.3. The number of hydrogen-bond donors (Lipinski definition) is 1. The number of nitrogens with two attached hydrogens (primary N) is 1. The maximum Gasteiger partial charge on any atom is 0.323 e. The van der Waals surface area contributed by atoms with Gasteiger partial charge in [0.25, 0.3) is 0 Å². The topological polar surface area (TPSA) is 87.9 Å². The number of ether oxygens (including phenoxy) is 3. The molecule has 0 aliphatic carbocycles. The Hall–Kier alpha value is -1.14. The van der Waals surface area contributed by atoms with Crippen LogP contribution in [0.4, 0.5) is 0 Å². The summed E-state index contributed by atoms with van der Waals surface area (Å²) in [5.41, 5.74) is 5.71. The predicted molar refractivity (Wildman–Crippen MR) is 68.4 cm³/mol. The van der Waals surface area contributed by atoms with Crippen LogP contribution in [0.25, 0.3) is 0 Å². The molecule has 0 spiro atoms. The first kappa shape index (κ1) is 15.9. The van der Waals surface area contributed by atoms with Gasteiger partial charge in [0.1, 0.15) is 12.1 Å². The standard InChI is InChI=1S/C13H23NO5/c1-9-11(18-8-7-12(15)17-2)6-4-3-5-10(14)13(16)19-9/h9-11H,3-8,14H2,1-2H3/t9-,10-,11+/m0/s1. The van der Waals surface area contributed by atoms with Gasteiger partial charge in [0.15, 0.2) is 0 Å². The van der Waals surface area contributed by atoms with E-state index in [1.165, 1.54) is 7.11 Å². The molecule has 0 saturated carbocycles. The second-order valence-electron chi connectivity index (χ2n) is 4.77. The van der Waals surface area contributed by atoms with Crippen molar-refractivity contribution >= 4 is 11.9 Å². The third kappa shape index (κ3) is 5.57. The van der Waals surface area contributed by atoms with Crippen molar-refractivity contribution in [1.29, 1.82) is 0 Å². The molecule has 0 bridgehead atoms. The fourth-order valence-corrected chi connectivity index (χ4v) is 2.02. The van der Waals surface area contributed by atoms with Crippen molar-refractivity contribution in [1.82, 2.24) is 0 Å². The zero-order valence-electron chi connectivity index (χ0n) is 11.6. The minimum atomic E-state index is -0.545. The summed E-state index contributed by atoms with van der Waals surface area (Å²) in [6.45, 7) is 2.06. The Balaban J connectivity index is 2.45. The largest absolute Gasteiger partial charge is 0.469 e. The molecule has 6 nitrogen and oxygen atoms in total. The molecule has 1 fully saturated rings. The molecule has 6 heteroatoms. The lowest BCUT2D eigenvalue weighted by Crippen LogP contribution is -2.37. The number of rotatable bonds is 4. The van der Waals surface area contributed by atoms with Crippen LogP contribution < -0.4 is 5.73 Å². The van der Waals surface area contributed by atoms with E-state index in [0.717, 1.165) is 19.3 Å². The van der Waals surface area contributed by atoms with Crippen LogP contribution in [0.1, 0.15) is 39.0 Å². The number of cyclic esters (lactones) is 1. The van der Waals surface area contributed by atoms with Gasteiger partial charge in [0, 0.05) is 0 Å². The summed E-state index contributed by atoms with van der Waals surface area (Å²) in [5, 5.41) is 0. The number of hydrogen-bond acceptors (Lipinski definition) is 6. The van der Waals surface area contributed by atoms with Gasteiger partial charge in [0.2, 0.25) is 0 Å². The molecule has 1 aliphatic rings. The summed E-state index contributed by atoms with van der Waals surface area (Å²) < 4.78 is 15.4. The van der Waals surface area contributed by atoms with Gasteiger partial charge in [-0.15, -0.1) is 0 Å². The van der Waals surface area contributed by atoms with Gasteiger partial charge in [-0.2, -0.15) is 0 Å². The summed E-state index contributed by atoms with van der Waals surface area (Å²) in [5.74, 6) is -0.689. The number of methoxy groups -OCH3 is 1. The van der Waals surface area contributed by atoms with Gasteiger partial charge < -0.3 is 19.9 Å². The van der Waals surface area contributed by atoms with Crippen LogP contribution in [-0.2, 0) is 23.8 Å². The molecule has 1 rings (SSSR count). The van der Waals surface area contributed by atoms with Crippen molar-refractivity contribution in [2.24, 2.45) is 5.73 Å². The van der Waals surface area contributed by atoms with Gasteiger partial charge in [-0.1, -0.05) is 12.8 Å². The Morgan fingerprint density at radius 1 is 1.42 bits per heavy atom. The smallest absolute Gasteiger partial charge is 0.323 e. The molecule has 0 amide bonds. The Morgan fingerprint density at radius 3 is 2.79 bits per heavy atom. The maximum atomic E-state index is 11.6. The van der Waals surface area contributed by atoms with Crippen LogP contribution in [-0.4, -0.2) is 43.9 Å². The molecule has 0 aromatic carbocycles. The normalized spacial score (nSPS) is 28.8. The highest BCUT2D eigenvalue weighted by atomic mass is 16.6. The van der Waals surface area contributed by atoms with E-state index in [1.807, 2.05) is 0 Å². The van der Waals surface area contributed by atoms with Gasteiger partial charge in [-0.05, 0) is 19.8 Å². The van der Waals surface area contributed by atoms with Crippen LogP contribution in [0.2, 0.25) is 0 Å². The highest BCUT2D eigenvalue weighted by Gasteiger charge is 2.26. The van der Waals surface area contributed by atoms with E-state index >= 15 is 0 Å². The van der Waals surface area contributed by atoms with Crippen LogP contribution in [0.3, 0.4) is 0 Å². The lowest BCUT2D eigenvalue weighted by molar-refractivity contribution is -0.159. The molecule has 1 aliphatic heterocycles. The molecule has 19 heavy (non-hydrogen) atoms. The lowest BCUT2D eigenvalue weighted by Gasteiger charge is -2.24. The summed E-state index contributed by atoms with van der Waals surface area (Å²) in [6.07, 6.45) is 2.89. The Labute approximate surface area is 113 Å². The van der Waals surface area contributed by atoms with E-state index < -0.39 is 6.04 Å². The Morgan fingerprint density at radius 2 is 2.11 bits per heavy atom. The number of carbonyl (C=O) groups is 2. The SMILES string of the molecule is COC(=O)CCO[C@@H]1CCCC[C@H](N)C(=O)O[C@H]1C. The monoisotopic (exact) mass is 273 g/mol. The minimum absolute atomic E-state index is 0.195. The van der Waals surface area contributed by atoms with E-state index in [1.54, 1.807) is 6.92 Å². The molecule has 1 heterocycles. The molecule has 3 atom stereocenters. The summed E-state index contributed by atoms with van der Waals surface area (Å²) in [6, 6.07) is -0.545. The fourth-order valence-electron chi connectivity index (χ4n) is 2.02. The first-order valence-electron chi connectivity index (χ1n) is 6.69. The van der Waals surface area contributed by atoms with Gasteiger partial charge >= 0.3 is 11.9 Å². The van der Waals surface area contributed by atoms with Crippen molar-refractivity contribution in [2.45, 2.75) is 57.3 Å². The summed E-state index contributed by atoms with van der Waals surface area (Å²) in [4.78, 5) is 22.6. The van der Waals surface area contributed by atoms with Crippen LogP contribution in [0, 0.1) is 0 Å². The number of esters is 2. The van der Waals surface area contributed by atoms with Gasteiger partial charge in [-0.25, -0.2) is 0 Å².